The Hall–Kier alpha value is -3.92. The molecule has 5 atom stereocenters. The van der Waals surface area contributed by atoms with E-state index < -0.39 is 58.3 Å². The number of pyridine rings is 1. The van der Waals surface area contributed by atoms with Crippen molar-refractivity contribution in [3.05, 3.63) is 41.6 Å². The molecule has 2 aromatic rings. The number of aromatic hydroxyl groups is 1. The van der Waals surface area contributed by atoms with Gasteiger partial charge in [0.15, 0.2) is 34.7 Å². The number of nitrogens with two attached hydrogens (primary N) is 1. The van der Waals surface area contributed by atoms with Gasteiger partial charge in [0.2, 0.25) is 5.91 Å². The Morgan fingerprint density at radius 2 is 1.86 bits per heavy atom. The molecule has 2 unspecified atom stereocenters. The van der Waals surface area contributed by atoms with Crippen molar-refractivity contribution in [2.75, 3.05) is 19.0 Å². The highest BCUT2D eigenvalue weighted by molar-refractivity contribution is 6.31. The number of fused-ring (bicyclic) bond motifs is 3. The predicted molar refractivity (Wildman–Crippen MR) is 126 cm³/mol. The van der Waals surface area contributed by atoms with Gasteiger partial charge in [-0.05, 0) is 42.5 Å². The molecule has 36 heavy (non-hydrogen) atoms. The lowest BCUT2D eigenvalue weighted by molar-refractivity contribution is -0.175. The molecular weight excluding hydrogens is 466 g/mol. The molecule has 0 bridgehead atoms. The van der Waals surface area contributed by atoms with Gasteiger partial charge in [-0.25, -0.2) is 0 Å². The molecule has 10 nitrogen and oxygen atoms in total. The molecule has 4 N–H and O–H groups in total. The molecule has 1 amide bonds. The van der Waals surface area contributed by atoms with Crippen molar-refractivity contribution in [2.24, 2.45) is 29.4 Å². The predicted octanol–water partition coefficient (Wildman–Crippen LogP) is 0.455. The van der Waals surface area contributed by atoms with Crippen LogP contribution in [0.15, 0.2) is 30.5 Å². The second kappa shape index (κ2) is 8.06. The summed E-state index contributed by atoms with van der Waals surface area (Å²) in [5.74, 6) is -10.3. The van der Waals surface area contributed by atoms with Gasteiger partial charge in [-0.3, -0.25) is 29.0 Å². The number of hydrogen-bond acceptors (Lipinski definition) is 9. The normalized spacial score (nSPS) is 29.3. The Labute approximate surface area is 206 Å². The molecule has 186 valence electrons. The number of ketones is 4. The molecule has 2 saturated carbocycles. The zero-order chi connectivity index (χ0) is 26.1. The van der Waals surface area contributed by atoms with E-state index in [1.54, 1.807) is 49.5 Å². The minimum absolute atomic E-state index is 0.0406. The van der Waals surface area contributed by atoms with Crippen LogP contribution in [-0.4, -0.2) is 63.9 Å². The summed E-state index contributed by atoms with van der Waals surface area (Å²) in [4.78, 5) is 70.8. The Morgan fingerprint density at radius 1 is 1.14 bits per heavy atom. The average Bonchev–Trinajstić information content (AvgIpc) is 2.81. The highest BCUT2D eigenvalue weighted by atomic mass is 16.3. The quantitative estimate of drug-likeness (QED) is 0.516. The molecule has 2 fully saturated rings. The summed E-state index contributed by atoms with van der Waals surface area (Å²) in [6.07, 6.45) is 1.47. The van der Waals surface area contributed by atoms with Crippen LogP contribution in [0.25, 0.3) is 11.3 Å². The Balaban J connectivity index is 1.67. The van der Waals surface area contributed by atoms with E-state index in [2.05, 4.69) is 4.98 Å². The maximum Gasteiger partial charge on any atom is 0.235 e. The minimum Gasteiger partial charge on any atom is -0.505 e. The highest BCUT2D eigenvalue weighted by Crippen LogP contribution is 2.52. The van der Waals surface area contributed by atoms with Crippen LogP contribution in [0.5, 0.6) is 5.75 Å². The van der Waals surface area contributed by atoms with Crippen LogP contribution in [-0.2, 0) is 25.6 Å². The molecule has 1 aromatic heterocycles. The number of nitrogens with zero attached hydrogens (tertiary/aromatic N) is 2. The van der Waals surface area contributed by atoms with Gasteiger partial charge in [0, 0.05) is 38.2 Å². The zero-order valence-corrected chi connectivity index (χ0v) is 19.7. The number of aromatic nitrogens is 1. The maximum absolute atomic E-state index is 13.8. The third-order valence-corrected chi connectivity index (χ3v) is 7.80. The van der Waals surface area contributed by atoms with Crippen molar-refractivity contribution in [3.63, 3.8) is 0 Å². The Kier molecular flexibility index (Phi) is 5.33. The van der Waals surface area contributed by atoms with E-state index in [1.807, 2.05) is 0 Å². The second-order valence-electron chi connectivity index (χ2n) is 9.99. The van der Waals surface area contributed by atoms with E-state index in [1.165, 1.54) is 0 Å². The van der Waals surface area contributed by atoms with Crippen molar-refractivity contribution in [3.8, 4) is 17.0 Å². The fraction of sp³-hybridized carbons (Fsp3) is 0.385. The number of hydrogen-bond donors (Lipinski definition) is 3. The summed E-state index contributed by atoms with van der Waals surface area (Å²) >= 11 is 0. The summed E-state index contributed by atoms with van der Waals surface area (Å²) < 4.78 is 0. The van der Waals surface area contributed by atoms with Gasteiger partial charge in [0.05, 0.1) is 22.9 Å². The lowest BCUT2D eigenvalue weighted by Crippen LogP contribution is -2.68. The number of rotatable bonds is 3. The molecule has 3 aliphatic rings. The zero-order valence-electron chi connectivity index (χ0n) is 19.7. The van der Waals surface area contributed by atoms with Crippen molar-refractivity contribution in [1.29, 1.82) is 0 Å². The lowest BCUT2D eigenvalue weighted by Gasteiger charge is -2.48. The van der Waals surface area contributed by atoms with E-state index in [0.717, 1.165) is 0 Å². The molecule has 0 spiro atoms. The molecule has 3 aliphatic carbocycles. The lowest BCUT2D eigenvalue weighted by atomic mass is 9.53. The summed E-state index contributed by atoms with van der Waals surface area (Å²) in [5.41, 5.74) is 4.56. The SMILES string of the molecule is CN(C)c1cc(-c2ccccn2)c2c(c1O)C(=O)C1C(=O)[C@]3(O)C(=O)C(C(N)=O)C(=O)C[C@@H]3C[C@@H]1C2. The number of phenolic OH excluding ortho intramolecular Hbond substituents is 1. The molecular formula is C26H25N3O7. The van der Waals surface area contributed by atoms with Gasteiger partial charge in [-0.1, -0.05) is 6.07 Å². The van der Waals surface area contributed by atoms with Gasteiger partial charge < -0.3 is 20.8 Å². The first-order valence-electron chi connectivity index (χ1n) is 11.6. The van der Waals surface area contributed by atoms with Crippen molar-refractivity contribution in [1.82, 2.24) is 4.98 Å². The standard InChI is InChI=1S/C26H25N3O7/c1-29(2)16-10-13(15-5-3-4-6-28-15)14-8-11-7-12-9-17(30)20(25(27)35)24(34)26(12,36)23(33)18(11)22(32)19(14)21(16)31/h3-6,10-12,18,20,31,36H,7-9H2,1-2H3,(H2,27,35)/t11-,12+,18?,20?,26+/m1/s1. The van der Waals surface area contributed by atoms with Crippen LogP contribution in [0.2, 0.25) is 0 Å². The van der Waals surface area contributed by atoms with Crippen LogP contribution >= 0.6 is 0 Å². The number of phenols is 1. The summed E-state index contributed by atoms with van der Waals surface area (Å²) in [5, 5.41) is 22.4. The second-order valence-corrected chi connectivity index (χ2v) is 9.99. The number of carbonyl (C=O) groups excluding carboxylic acids is 5. The summed E-state index contributed by atoms with van der Waals surface area (Å²) in [6, 6.07) is 7.05. The van der Waals surface area contributed by atoms with Crippen LogP contribution in [0.4, 0.5) is 5.69 Å². The third-order valence-electron chi connectivity index (χ3n) is 7.80. The molecule has 5 rings (SSSR count). The molecule has 0 saturated heterocycles. The summed E-state index contributed by atoms with van der Waals surface area (Å²) in [7, 11) is 3.39. The smallest absolute Gasteiger partial charge is 0.235 e. The van der Waals surface area contributed by atoms with E-state index in [9.17, 15) is 34.2 Å². The van der Waals surface area contributed by atoms with Crippen LogP contribution in [0.1, 0.15) is 28.8 Å². The van der Waals surface area contributed by atoms with Gasteiger partial charge in [-0.15, -0.1) is 0 Å². The number of amides is 1. The maximum atomic E-state index is 13.8. The first kappa shape index (κ1) is 23.8. The van der Waals surface area contributed by atoms with Gasteiger partial charge in [0.25, 0.3) is 0 Å². The van der Waals surface area contributed by atoms with Crippen molar-refractivity contribution >= 4 is 34.7 Å². The van der Waals surface area contributed by atoms with E-state index >= 15 is 0 Å². The number of aliphatic hydroxyl groups is 1. The van der Waals surface area contributed by atoms with Gasteiger partial charge >= 0.3 is 0 Å². The Bertz CT molecular complexity index is 1350. The average molecular weight is 492 g/mol. The number of Topliss-reactive ketones (excluding diaryl/α,β-unsaturated/α-hetero) is 4. The van der Waals surface area contributed by atoms with E-state index in [0.29, 0.717) is 22.5 Å². The first-order chi connectivity index (χ1) is 17.0. The highest BCUT2D eigenvalue weighted by Gasteiger charge is 2.66. The minimum atomic E-state index is -2.67. The first-order valence-corrected chi connectivity index (χ1v) is 11.6. The van der Waals surface area contributed by atoms with Gasteiger partial charge in [0.1, 0.15) is 5.75 Å². The fourth-order valence-corrected chi connectivity index (χ4v) is 6.11. The monoisotopic (exact) mass is 491 g/mol. The number of anilines is 1. The number of benzene rings is 1. The van der Waals surface area contributed by atoms with Crippen LogP contribution in [0, 0.1) is 23.7 Å². The van der Waals surface area contributed by atoms with Gasteiger partial charge in [-0.2, -0.15) is 0 Å². The third kappa shape index (κ3) is 3.13. The number of primary amides is 1. The fourth-order valence-electron chi connectivity index (χ4n) is 6.11. The van der Waals surface area contributed by atoms with Crippen LogP contribution < -0.4 is 10.6 Å². The van der Waals surface area contributed by atoms with Crippen molar-refractivity contribution < 1.29 is 34.2 Å². The molecule has 0 aliphatic heterocycles. The van der Waals surface area contributed by atoms with E-state index in [-0.39, 0.29) is 30.6 Å². The topological polar surface area (TPSA) is 168 Å². The van der Waals surface area contributed by atoms with E-state index in [4.69, 9.17) is 5.73 Å². The molecule has 1 heterocycles. The van der Waals surface area contributed by atoms with Crippen LogP contribution in [0.3, 0.4) is 0 Å². The largest absolute Gasteiger partial charge is 0.505 e. The molecule has 10 heteroatoms. The summed E-state index contributed by atoms with van der Waals surface area (Å²) in [6.45, 7) is 0. The van der Waals surface area contributed by atoms with Crippen molar-refractivity contribution in [2.45, 2.75) is 24.9 Å². The molecule has 0 radical (unpaired) electrons. The Morgan fingerprint density at radius 3 is 2.47 bits per heavy atom. The molecule has 1 aromatic carbocycles. The number of carbonyl (C=O) groups is 5.